The molecule has 0 aliphatic carbocycles. The van der Waals surface area contributed by atoms with Crippen LogP contribution in [-0.4, -0.2) is 10.9 Å². The number of hydrogen-bond acceptors (Lipinski definition) is 3. The van der Waals surface area contributed by atoms with Gasteiger partial charge in [0.25, 0.3) is 0 Å². The topological polar surface area (TPSA) is 42.0 Å². The quantitative estimate of drug-likeness (QED) is 0.844. The van der Waals surface area contributed by atoms with Gasteiger partial charge in [-0.1, -0.05) is 12.1 Å². The lowest BCUT2D eigenvalue weighted by Crippen LogP contribution is -2.23. The molecule has 1 aromatic heterocycles. The second-order valence-electron chi connectivity index (χ2n) is 3.44. The van der Waals surface area contributed by atoms with Crippen LogP contribution in [0, 0.1) is 0 Å². The summed E-state index contributed by atoms with van der Waals surface area (Å²) < 4.78 is 1.16. The number of thiazole rings is 1. The fraction of sp³-hybridized carbons (Fsp3) is 0.273. The van der Waals surface area contributed by atoms with E-state index in [-0.39, 0.29) is 11.9 Å². The molecule has 0 saturated heterocycles. The van der Waals surface area contributed by atoms with Gasteiger partial charge in [-0.2, -0.15) is 0 Å². The molecular formula is C11H12N2OS. The molecule has 0 aliphatic rings. The molecule has 3 nitrogen and oxygen atoms in total. The van der Waals surface area contributed by atoms with Crippen LogP contribution >= 0.6 is 11.3 Å². The van der Waals surface area contributed by atoms with Crippen LogP contribution in [0.5, 0.6) is 0 Å². The zero-order valence-electron chi connectivity index (χ0n) is 8.65. The number of hydrogen-bond donors (Lipinski definition) is 1. The highest BCUT2D eigenvalue weighted by molar-refractivity contribution is 7.18. The van der Waals surface area contributed by atoms with Crippen LogP contribution in [0.3, 0.4) is 0 Å². The van der Waals surface area contributed by atoms with Crippen molar-refractivity contribution in [2.75, 3.05) is 0 Å². The molecule has 2 aromatic rings. The Bertz CT molecular complexity index is 459. The number of fused-ring (bicyclic) bond motifs is 1. The smallest absolute Gasteiger partial charge is 0.217 e. The number of para-hydroxylation sites is 1. The predicted octanol–water partition coefficient (Wildman–Crippen LogP) is 2.49. The number of carbonyl (C=O) groups excluding carboxylic acids is 1. The van der Waals surface area contributed by atoms with Crippen LogP contribution in [0.4, 0.5) is 0 Å². The number of aromatic nitrogens is 1. The highest BCUT2D eigenvalue weighted by Crippen LogP contribution is 2.25. The summed E-state index contributed by atoms with van der Waals surface area (Å²) in [7, 11) is 0. The van der Waals surface area contributed by atoms with E-state index in [4.69, 9.17) is 0 Å². The maximum Gasteiger partial charge on any atom is 0.217 e. The molecule has 1 atom stereocenters. The maximum absolute atomic E-state index is 10.9. The number of benzene rings is 1. The lowest BCUT2D eigenvalue weighted by molar-refractivity contribution is -0.119. The van der Waals surface area contributed by atoms with Crippen molar-refractivity contribution in [2.45, 2.75) is 19.9 Å². The predicted molar refractivity (Wildman–Crippen MR) is 61.9 cm³/mol. The minimum atomic E-state index is -0.0262. The number of amides is 1. The Kier molecular flexibility index (Phi) is 2.68. The van der Waals surface area contributed by atoms with E-state index >= 15 is 0 Å². The molecule has 78 valence electrons. The van der Waals surface area contributed by atoms with E-state index in [0.29, 0.717) is 0 Å². The molecule has 0 saturated carbocycles. The van der Waals surface area contributed by atoms with Gasteiger partial charge in [0.2, 0.25) is 5.91 Å². The first-order chi connectivity index (χ1) is 7.16. The van der Waals surface area contributed by atoms with Gasteiger partial charge in [-0.25, -0.2) is 4.98 Å². The Balaban J connectivity index is 2.32. The number of rotatable bonds is 2. The van der Waals surface area contributed by atoms with Crippen molar-refractivity contribution in [1.29, 1.82) is 0 Å². The number of nitrogens with one attached hydrogen (secondary N) is 1. The molecule has 0 aliphatic heterocycles. The van der Waals surface area contributed by atoms with Gasteiger partial charge in [0.1, 0.15) is 5.01 Å². The van der Waals surface area contributed by atoms with E-state index in [2.05, 4.69) is 10.3 Å². The van der Waals surface area contributed by atoms with Gasteiger partial charge in [-0.15, -0.1) is 11.3 Å². The molecule has 1 amide bonds. The monoisotopic (exact) mass is 220 g/mol. The average molecular weight is 220 g/mol. The molecule has 1 heterocycles. The summed E-state index contributed by atoms with van der Waals surface area (Å²) in [5.74, 6) is -0.0262. The largest absolute Gasteiger partial charge is 0.347 e. The van der Waals surface area contributed by atoms with Crippen molar-refractivity contribution in [3.05, 3.63) is 29.3 Å². The van der Waals surface area contributed by atoms with Gasteiger partial charge in [0.15, 0.2) is 0 Å². The number of nitrogens with zero attached hydrogens (tertiary/aromatic N) is 1. The Labute approximate surface area is 92.1 Å². The molecular weight excluding hydrogens is 208 g/mol. The standard InChI is InChI=1S/C11H12N2OS/c1-7(12-8(2)14)11-13-9-5-3-4-6-10(9)15-11/h3-7H,1-2H3,(H,12,14)/t7-/m1/s1. The van der Waals surface area contributed by atoms with Crippen molar-refractivity contribution >= 4 is 27.5 Å². The summed E-state index contributed by atoms with van der Waals surface area (Å²) in [6, 6.07) is 7.97. The highest BCUT2D eigenvalue weighted by atomic mass is 32.1. The Morgan fingerprint density at radius 1 is 1.47 bits per heavy atom. The van der Waals surface area contributed by atoms with Gasteiger partial charge in [0.05, 0.1) is 16.3 Å². The van der Waals surface area contributed by atoms with Crippen LogP contribution in [0.15, 0.2) is 24.3 Å². The van der Waals surface area contributed by atoms with E-state index < -0.39 is 0 Å². The fourth-order valence-corrected chi connectivity index (χ4v) is 2.41. The molecule has 1 N–H and O–H groups in total. The minimum Gasteiger partial charge on any atom is -0.347 e. The second-order valence-corrected chi connectivity index (χ2v) is 4.50. The molecule has 1 aromatic carbocycles. The zero-order chi connectivity index (χ0) is 10.8. The zero-order valence-corrected chi connectivity index (χ0v) is 9.47. The van der Waals surface area contributed by atoms with Crippen molar-refractivity contribution in [2.24, 2.45) is 0 Å². The van der Waals surface area contributed by atoms with E-state index in [9.17, 15) is 4.79 Å². The first-order valence-electron chi connectivity index (χ1n) is 4.79. The summed E-state index contributed by atoms with van der Waals surface area (Å²) in [5, 5.41) is 3.78. The number of carbonyl (C=O) groups is 1. The van der Waals surface area contributed by atoms with E-state index in [1.807, 2.05) is 31.2 Å². The van der Waals surface area contributed by atoms with E-state index in [1.165, 1.54) is 6.92 Å². The van der Waals surface area contributed by atoms with Crippen molar-refractivity contribution in [3.8, 4) is 0 Å². The molecule has 0 bridgehead atoms. The molecule has 4 heteroatoms. The Morgan fingerprint density at radius 2 is 2.20 bits per heavy atom. The average Bonchev–Trinajstić information content (AvgIpc) is 2.59. The Hall–Kier alpha value is -1.42. The maximum atomic E-state index is 10.9. The molecule has 0 unspecified atom stereocenters. The Morgan fingerprint density at radius 3 is 2.87 bits per heavy atom. The SMILES string of the molecule is CC(=O)N[C@H](C)c1nc2ccccc2s1. The summed E-state index contributed by atoms with van der Waals surface area (Å²) in [6.45, 7) is 3.46. The van der Waals surface area contributed by atoms with Crippen LogP contribution in [0.25, 0.3) is 10.2 Å². The molecule has 0 spiro atoms. The lowest BCUT2D eigenvalue weighted by Gasteiger charge is -2.07. The van der Waals surface area contributed by atoms with Crippen LogP contribution in [-0.2, 0) is 4.79 Å². The first kappa shape index (κ1) is 10.1. The third kappa shape index (κ3) is 2.15. The molecule has 0 radical (unpaired) electrons. The molecule has 2 rings (SSSR count). The van der Waals surface area contributed by atoms with Gasteiger partial charge in [-0.3, -0.25) is 4.79 Å². The summed E-state index contributed by atoms with van der Waals surface area (Å²) in [6.07, 6.45) is 0. The first-order valence-corrected chi connectivity index (χ1v) is 5.61. The lowest BCUT2D eigenvalue weighted by atomic mass is 10.3. The third-order valence-electron chi connectivity index (χ3n) is 2.10. The van der Waals surface area contributed by atoms with Crippen molar-refractivity contribution in [1.82, 2.24) is 10.3 Å². The van der Waals surface area contributed by atoms with Crippen molar-refractivity contribution in [3.63, 3.8) is 0 Å². The van der Waals surface area contributed by atoms with Crippen LogP contribution in [0.1, 0.15) is 24.9 Å². The summed E-state index contributed by atoms with van der Waals surface area (Å²) in [4.78, 5) is 15.4. The third-order valence-corrected chi connectivity index (χ3v) is 3.32. The van der Waals surface area contributed by atoms with Gasteiger partial charge in [-0.05, 0) is 19.1 Å². The molecule has 15 heavy (non-hydrogen) atoms. The van der Waals surface area contributed by atoms with Crippen molar-refractivity contribution < 1.29 is 4.79 Å². The van der Waals surface area contributed by atoms with Gasteiger partial charge < -0.3 is 5.32 Å². The van der Waals surface area contributed by atoms with Gasteiger partial charge >= 0.3 is 0 Å². The summed E-state index contributed by atoms with van der Waals surface area (Å²) >= 11 is 1.62. The minimum absolute atomic E-state index is 0.0140. The second kappa shape index (κ2) is 3.98. The van der Waals surface area contributed by atoms with Crippen LogP contribution < -0.4 is 5.32 Å². The summed E-state index contributed by atoms with van der Waals surface area (Å²) in [5.41, 5.74) is 0.995. The van der Waals surface area contributed by atoms with Gasteiger partial charge in [0, 0.05) is 6.92 Å². The van der Waals surface area contributed by atoms with E-state index in [1.54, 1.807) is 11.3 Å². The molecule has 0 fully saturated rings. The van der Waals surface area contributed by atoms with E-state index in [0.717, 1.165) is 15.2 Å². The van der Waals surface area contributed by atoms with Crippen LogP contribution in [0.2, 0.25) is 0 Å². The normalized spacial score (nSPS) is 12.7. The highest BCUT2D eigenvalue weighted by Gasteiger charge is 2.11. The fourth-order valence-electron chi connectivity index (χ4n) is 1.44.